The van der Waals surface area contributed by atoms with E-state index < -0.39 is 34.1 Å². The van der Waals surface area contributed by atoms with Crippen molar-refractivity contribution in [3.63, 3.8) is 0 Å². The third-order valence-electron chi connectivity index (χ3n) is 6.32. The van der Waals surface area contributed by atoms with Gasteiger partial charge < -0.3 is 14.6 Å². The van der Waals surface area contributed by atoms with E-state index in [0.717, 1.165) is 6.42 Å². The number of carbonyl (C=O) groups excluding carboxylic acids is 3. The van der Waals surface area contributed by atoms with Gasteiger partial charge in [0.2, 0.25) is 0 Å². The molecule has 1 fully saturated rings. The first-order valence-electron chi connectivity index (χ1n) is 11.8. The fourth-order valence-electron chi connectivity index (χ4n) is 4.65. The molecular formula is C28H33NO5. The van der Waals surface area contributed by atoms with Crippen LogP contribution in [0.5, 0.6) is 0 Å². The molecule has 3 rings (SSSR count). The van der Waals surface area contributed by atoms with Crippen LogP contribution in [0.15, 0.2) is 72.3 Å². The van der Waals surface area contributed by atoms with Gasteiger partial charge in [-0.05, 0) is 51.7 Å². The largest absolute Gasteiger partial charge is 0.544 e. The summed E-state index contributed by atoms with van der Waals surface area (Å²) >= 11 is 0. The molecule has 0 aliphatic carbocycles. The molecule has 1 aliphatic heterocycles. The summed E-state index contributed by atoms with van der Waals surface area (Å²) in [5, 5.41) is 12.0. The Kier molecular flexibility index (Phi) is 7.72. The molecule has 1 heterocycles. The highest BCUT2D eigenvalue weighted by atomic mass is 16.6. The Labute approximate surface area is 201 Å². The van der Waals surface area contributed by atoms with E-state index in [1.165, 1.54) is 11.1 Å². The van der Waals surface area contributed by atoms with Crippen molar-refractivity contribution in [1.29, 1.82) is 0 Å². The number of hydrogen-bond acceptors (Lipinski definition) is 5. The number of likely N-dealkylation sites (tertiary alicyclic amines) is 1. The number of rotatable bonds is 7. The van der Waals surface area contributed by atoms with Gasteiger partial charge in [-0.1, -0.05) is 66.7 Å². The second-order valence-corrected chi connectivity index (χ2v) is 9.69. The minimum Gasteiger partial charge on any atom is -0.544 e. The van der Waals surface area contributed by atoms with Crippen molar-refractivity contribution < 1.29 is 28.7 Å². The lowest BCUT2D eigenvalue weighted by Gasteiger charge is -2.34. The van der Waals surface area contributed by atoms with Crippen LogP contribution in [0, 0.1) is 0 Å². The monoisotopic (exact) mass is 463 g/mol. The zero-order valence-electron chi connectivity index (χ0n) is 20.3. The maximum Gasteiger partial charge on any atom is 0.524 e. The van der Waals surface area contributed by atoms with E-state index in [9.17, 15) is 19.5 Å². The first kappa shape index (κ1) is 25.4. The summed E-state index contributed by atoms with van der Waals surface area (Å²) in [4.78, 5) is 38.5. The Hall–Kier alpha value is -3.25. The summed E-state index contributed by atoms with van der Waals surface area (Å²) in [6.07, 6.45) is 2.20. The van der Waals surface area contributed by atoms with Crippen molar-refractivity contribution in [2.24, 2.45) is 0 Å². The van der Waals surface area contributed by atoms with Crippen molar-refractivity contribution in [1.82, 2.24) is 0 Å². The highest BCUT2D eigenvalue weighted by molar-refractivity contribution is 5.99. The Bertz CT molecular complexity index is 1020. The van der Waals surface area contributed by atoms with Gasteiger partial charge in [-0.2, -0.15) is 4.79 Å². The molecular weight excluding hydrogens is 430 g/mol. The second kappa shape index (κ2) is 10.3. The van der Waals surface area contributed by atoms with Crippen LogP contribution in [0.4, 0.5) is 4.79 Å². The van der Waals surface area contributed by atoms with Gasteiger partial charge in [0.1, 0.15) is 11.6 Å². The quantitative estimate of drug-likeness (QED) is 0.450. The van der Waals surface area contributed by atoms with Gasteiger partial charge in [-0.25, -0.2) is 4.79 Å². The van der Waals surface area contributed by atoms with E-state index in [4.69, 9.17) is 4.74 Å². The van der Waals surface area contributed by atoms with Crippen LogP contribution >= 0.6 is 0 Å². The number of ether oxygens (including phenoxy) is 1. The van der Waals surface area contributed by atoms with E-state index in [1.54, 1.807) is 33.8 Å². The van der Waals surface area contributed by atoms with Crippen LogP contribution in [0.1, 0.15) is 64.0 Å². The Morgan fingerprint density at radius 2 is 1.59 bits per heavy atom. The molecule has 1 saturated heterocycles. The normalized spacial score (nSPS) is 21.7. The number of imide groups is 1. The summed E-state index contributed by atoms with van der Waals surface area (Å²) in [5.41, 5.74) is 1.84. The third kappa shape index (κ3) is 5.28. The number of amides is 2. The van der Waals surface area contributed by atoms with E-state index >= 15 is 0 Å². The predicted octanol–water partition coefficient (Wildman–Crippen LogP) is 4.35. The first-order chi connectivity index (χ1) is 16.1. The molecule has 0 N–H and O–H groups in total. The number of allylic oxidation sites excluding steroid dienone is 1. The van der Waals surface area contributed by atoms with Crippen molar-refractivity contribution in [2.75, 3.05) is 6.54 Å². The van der Waals surface area contributed by atoms with E-state index in [2.05, 4.69) is 24.3 Å². The lowest BCUT2D eigenvalue weighted by molar-refractivity contribution is -0.792. The van der Waals surface area contributed by atoms with Crippen molar-refractivity contribution in [3.05, 3.63) is 83.4 Å². The molecule has 2 amide bonds. The van der Waals surface area contributed by atoms with Crippen molar-refractivity contribution >= 4 is 18.0 Å². The highest BCUT2D eigenvalue weighted by Crippen LogP contribution is 2.36. The SMILES string of the molecule is CC[N+]1(C(=O)OC(C)(C)C)C(=O)/C(=C/CCC(c2ccccc2)c2ccccc2)C[C@H]1C(=O)[O-]. The third-order valence-corrected chi connectivity index (χ3v) is 6.32. The molecule has 1 unspecified atom stereocenters. The zero-order valence-corrected chi connectivity index (χ0v) is 20.3. The average Bonchev–Trinajstić information content (AvgIpc) is 3.09. The molecule has 180 valence electrons. The number of carboxylic acids is 1. The maximum absolute atomic E-state index is 13.4. The molecule has 0 aromatic heterocycles. The number of benzene rings is 2. The molecule has 34 heavy (non-hydrogen) atoms. The molecule has 0 spiro atoms. The molecule has 6 nitrogen and oxygen atoms in total. The Morgan fingerprint density at radius 3 is 2.03 bits per heavy atom. The average molecular weight is 464 g/mol. The lowest BCUT2D eigenvalue weighted by Crippen LogP contribution is -2.64. The fraction of sp³-hybridized carbons (Fsp3) is 0.393. The minimum atomic E-state index is -1.42. The Morgan fingerprint density at radius 1 is 1.06 bits per heavy atom. The number of carboxylic acid groups (broad SMARTS) is 1. The summed E-state index contributed by atoms with van der Waals surface area (Å²) in [5.74, 6) is -1.80. The van der Waals surface area contributed by atoms with Gasteiger partial charge in [0.25, 0.3) is 0 Å². The van der Waals surface area contributed by atoms with Gasteiger partial charge >= 0.3 is 12.0 Å². The minimum absolute atomic E-state index is 0.0135. The van der Waals surface area contributed by atoms with E-state index in [0.29, 0.717) is 12.0 Å². The lowest BCUT2D eigenvalue weighted by atomic mass is 9.87. The summed E-state index contributed by atoms with van der Waals surface area (Å²) in [6.45, 7) is 6.68. The molecule has 2 aromatic rings. The summed E-state index contributed by atoms with van der Waals surface area (Å²) in [6, 6.07) is 19.0. The van der Waals surface area contributed by atoms with Crippen LogP contribution in [0.3, 0.4) is 0 Å². The van der Waals surface area contributed by atoms with Crippen molar-refractivity contribution in [3.8, 4) is 0 Å². The van der Waals surface area contributed by atoms with Gasteiger partial charge in [-0.15, -0.1) is 4.48 Å². The van der Waals surface area contributed by atoms with Crippen LogP contribution in [0.25, 0.3) is 0 Å². The number of nitrogens with zero attached hydrogens (tertiary/aromatic N) is 1. The van der Waals surface area contributed by atoms with Crippen LogP contribution in [-0.4, -0.2) is 40.6 Å². The topological polar surface area (TPSA) is 83.5 Å². The van der Waals surface area contributed by atoms with E-state index in [-0.39, 0.29) is 18.9 Å². The van der Waals surface area contributed by atoms with E-state index in [1.807, 2.05) is 36.4 Å². The van der Waals surface area contributed by atoms with Gasteiger partial charge in [0.15, 0.2) is 6.04 Å². The van der Waals surface area contributed by atoms with Gasteiger partial charge in [0, 0.05) is 12.3 Å². The Balaban J connectivity index is 1.87. The molecule has 0 radical (unpaired) electrons. The van der Waals surface area contributed by atoms with Crippen molar-refractivity contribution in [2.45, 2.75) is 64.5 Å². The number of hydrogen-bond donors (Lipinski definition) is 0. The maximum atomic E-state index is 13.4. The first-order valence-corrected chi connectivity index (χ1v) is 11.8. The number of carbonyl (C=O) groups is 3. The van der Waals surface area contributed by atoms with Crippen LogP contribution in [0.2, 0.25) is 0 Å². The number of quaternary nitrogens is 1. The fourth-order valence-corrected chi connectivity index (χ4v) is 4.65. The molecule has 2 atom stereocenters. The van der Waals surface area contributed by atoms with Gasteiger partial charge in [-0.3, -0.25) is 0 Å². The molecule has 0 bridgehead atoms. The molecule has 1 aliphatic rings. The molecule has 0 saturated carbocycles. The number of likely N-dealkylation sites (N-methyl/N-ethyl adjacent to an activating group) is 1. The highest BCUT2D eigenvalue weighted by Gasteiger charge is 2.59. The number of aliphatic carboxylic acids is 1. The summed E-state index contributed by atoms with van der Waals surface area (Å²) < 4.78 is 4.57. The smallest absolute Gasteiger partial charge is 0.524 e. The molecule has 6 heteroatoms. The second-order valence-electron chi connectivity index (χ2n) is 9.69. The van der Waals surface area contributed by atoms with Crippen LogP contribution in [-0.2, 0) is 14.3 Å². The predicted molar refractivity (Wildman–Crippen MR) is 127 cm³/mol. The molecule has 2 aromatic carbocycles. The zero-order chi connectivity index (χ0) is 24.9. The van der Waals surface area contributed by atoms with Gasteiger partial charge in [0.05, 0.1) is 12.1 Å². The standard InChI is InChI=1S/C28H33NO5/c1-5-29(27(33)34-28(2,3)4)24(26(31)32)19-22(25(29)30)17-12-18-23(20-13-8-6-9-14-20)21-15-10-7-11-16-21/h6-11,13-17,23-24H,5,12,18-19H2,1-4H3/b22-17+/t24-,29?/m0/s1. The summed E-state index contributed by atoms with van der Waals surface area (Å²) in [7, 11) is 0. The van der Waals surface area contributed by atoms with Crippen LogP contribution < -0.4 is 5.11 Å².